The Bertz CT molecular complexity index is 948. The zero-order valence-corrected chi connectivity index (χ0v) is 15.8. The molecule has 0 atom stereocenters. The lowest BCUT2D eigenvalue weighted by atomic mass is 9.96. The molecule has 3 heterocycles. The number of aryl methyl sites for hydroxylation is 1. The first kappa shape index (κ1) is 17.7. The van der Waals surface area contributed by atoms with Crippen LogP contribution in [0.25, 0.3) is 11.3 Å². The number of piperidine rings is 1. The molecule has 4 rings (SSSR count). The van der Waals surface area contributed by atoms with Gasteiger partial charge in [0.05, 0.1) is 6.54 Å². The highest BCUT2D eigenvalue weighted by atomic mass is 16.5. The molecule has 3 aromatic rings. The fourth-order valence-electron chi connectivity index (χ4n) is 3.82. The summed E-state index contributed by atoms with van der Waals surface area (Å²) in [4.78, 5) is 14.5. The van der Waals surface area contributed by atoms with Crippen LogP contribution < -0.4 is 5.69 Å². The molecule has 1 saturated heterocycles. The van der Waals surface area contributed by atoms with Gasteiger partial charge in [0.2, 0.25) is 0 Å². The summed E-state index contributed by atoms with van der Waals surface area (Å²) in [5.74, 6) is 2.15. The molecule has 0 saturated carbocycles. The Morgan fingerprint density at radius 1 is 1.19 bits per heavy atom. The van der Waals surface area contributed by atoms with Crippen molar-refractivity contribution in [2.45, 2.75) is 38.8 Å². The number of nitrogens with zero attached hydrogens (tertiary/aromatic N) is 5. The smallest absolute Gasteiger partial charge is 0.345 e. The molecule has 0 radical (unpaired) electrons. The SMILES string of the molecule is CCn1c(C2CCN(Cc3cc(-c4ccccc4)no3)CC2)nn(C)c1=O. The third-order valence-corrected chi connectivity index (χ3v) is 5.31. The summed E-state index contributed by atoms with van der Waals surface area (Å²) in [7, 11) is 1.72. The van der Waals surface area contributed by atoms with E-state index in [1.165, 1.54) is 4.68 Å². The highest BCUT2D eigenvalue weighted by molar-refractivity contribution is 5.58. The van der Waals surface area contributed by atoms with Crippen LogP contribution in [0.3, 0.4) is 0 Å². The number of hydrogen-bond acceptors (Lipinski definition) is 5. The van der Waals surface area contributed by atoms with Gasteiger partial charge in [0.15, 0.2) is 5.76 Å². The van der Waals surface area contributed by atoms with E-state index in [1.807, 2.05) is 43.3 Å². The Labute approximate surface area is 158 Å². The van der Waals surface area contributed by atoms with Crippen molar-refractivity contribution in [2.24, 2.45) is 7.05 Å². The summed E-state index contributed by atoms with van der Waals surface area (Å²) < 4.78 is 8.78. The van der Waals surface area contributed by atoms with E-state index in [9.17, 15) is 4.79 Å². The van der Waals surface area contributed by atoms with E-state index in [4.69, 9.17) is 4.52 Å². The van der Waals surface area contributed by atoms with Crippen molar-refractivity contribution in [3.63, 3.8) is 0 Å². The average molecular weight is 367 g/mol. The van der Waals surface area contributed by atoms with E-state index < -0.39 is 0 Å². The lowest BCUT2D eigenvalue weighted by Crippen LogP contribution is -2.33. The minimum absolute atomic E-state index is 0.0231. The van der Waals surface area contributed by atoms with Gasteiger partial charge in [-0.25, -0.2) is 9.48 Å². The summed E-state index contributed by atoms with van der Waals surface area (Å²) >= 11 is 0. The van der Waals surface area contributed by atoms with Crippen molar-refractivity contribution in [2.75, 3.05) is 13.1 Å². The van der Waals surface area contributed by atoms with Crippen molar-refractivity contribution < 1.29 is 4.52 Å². The fraction of sp³-hybridized carbons (Fsp3) is 0.450. The molecular weight excluding hydrogens is 342 g/mol. The van der Waals surface area contributed by atoms with Gasteiger partial charge in [0, 0.05) is 31.1 Å². The van der Waals surface area contributed by atoms with E-state index in [1.54, 1.807) is 11.6 Å². The maximum Gasteiger partial charge on any atom is 0.345 e. The minimum Gasteiger partial charge on any atom is -0.359 e. The first-order valence-corrected chi connectivity index (χ1v) is 9.52. The Hall–Kier alpha value is -2.67. The predicted octanol–water partition coefficient (Wildman–Crippen LogP) is 2.64. The summed E-state index contributed by atoms with van der Waals surface area (Å²) in [6, 6.07) is 12.1. The Kier molecular flexibility index (Phi) is 4.94. The number of likely N-dealkylation sites (tertiary alicyclic amines) is 1. The third-order valence-electron chi connectivity index (χ3n) is 5.31. The molecule has 2 aromatic heterocycles. The zero-order valence-electron chi connectivity index (χ0n) is 15.8. The van der Waals surface area contributed by atoms with E-state index in [0.29, 0.717) is 12.5 Å². The van der Waals surface area contributed by atoms with Crippen molar-refractivity contribution in [1.82, 2.24) is 24.4 Å². The lowest BCUT2D eigenvalue weighted by Gasteiger charge is -2.30. The van der Waals surface area contributed by atoms with Crippen LogP contribution in [0, 0.1) is 0 Å². The van der Waals surface area contributed by atoms with E-state index in [0.717, 1.165) is 55.3 Å². The van der Waals surface area contributed by atoms with Gasteiger partial charge in [-0.05, 0) is 32.9 Å². The molecule has 27 heavy (non-hydrogen) atoms. The largest absolute Gasteiger partial charge is 0.359 e. The lowest BCUT2D eigenvalue weighted by molar-refractivity contribution is 0.180. The topological polar surface area (TPSA) is 69.1 Å². The maximum atomic E-state index is 12.1. The molecule has 0 spiro atoms. The normalized spacial score (nSPS) is 16.1. The number of benzene rings is 1. The van der Waals surface area contributed by atoms with E-state index in [-0.39, 0.29) is 5.69 Å². The van der Waals surface area contributed by atoms with Crippen LogP contribution >= 0.6 is 0 Å². The quantitative estimate of drug-likeness (QED) is 0.693. The highest BCUT2D eigenvalue weighted by Crippen LogP contribution is 2.27. The first-order valence-electron chi connectivity index (χ1n) is 9.52. The average Bonchev–Trinajstić information content (AvgIpc) is 3.28. The third kappa shape index (κ3) is 3.60. The second kappa shape index (κ2) is 7.52. The standard InChI is InChI=1S/C20H25N5O2/c1-3-25-19(21-23(2)20(25)26)16-9-11-24(12-10-16)14-17-13-18(22-27-17)15-7-5-4-6-8-15/h4-8,13,16H,3,9-12,14H2,1-2H3. The summed E-state index contributed by atoms with van der Waals surface area (Å²) in [6.45, 7) is 5.34. The second-order valence-corrected chi connectivity index (χ2v) is 7.10. The molecule has 1 aromatic carbocycles. The second-order valence-electron chi connectivity index (χ2n) is 7.10. The monoisotopic (exact) mass is 367 g/mol. The van der Waals surface area contributed by atoms with Crippen molar-refractivity contribution in [1.29, 1.82) is 0 Å². The van der Waals surface area contributed by atoms with Crippen LogP contribution in [0.2, 0.25) is 0 Å². The molecule has 0 unspecified atom stereocenters. The molecule has 142 valence electrons. The van der Waals surface area contributed by atoms with Crippen LogP contribution in [0.1, 0.15) is 37.3 Å². The highest BCUT2D eigenvalue weighted by Gasteiger charge is 2.26. The number of hydrogen-bond donors (Lipinski definition) is 0. The van der Waals surface area contributed by atoms with Crippen LogP contribution in [0.4, 0.5) is 0 Å². The van der Waals surface area contributed by atoms with Gasteiger partial charge in [-0.2, -0.15) is 5.10 Å². The van der Waals surface area contributed by atoms with Gasteiger partial charge >= 0.3 is 5.69 Å². The minimum atomic E-state index is -0.0231. The Morgan fingerprint density at radius 3 is 2.63 bits per heavy atom. The maximum absolute atomic E-state index is 12.1. The molecule has 1 aliphatic heterocycles. The van der Waals surface area contributed by atoms with Crippen LogP contribution in [-0.4, -0.2) is 37.5 Å². The molecule has 0 bridgehead atoms. The van der Waals surface area contributed by atoms with Gasteiger partial charge in [0.1, 0.15) is 11.5 Å². The first-order chi connectivity index (χ1) is 13.2. The molecule has 0 aliphatic carbocycles. The van der Waals surface area contributed by atoms with Crippen molar-refractivity contribution in [3.8, 4) is 11.3 Å². The van der Waals surface area contributed by atoms with E-state index in [2.05, 4.69) is 15.2 Å². The number of rotatable bonds is 5. The zero-order chi connectivity index (χ0) is 18.8. The molecular formula is C20H25N5O2. The molecule has 1 aliphatic rings. The fourth-order valence-corrected chi connectivity index (χ4v) is 3.82. The van der Waals surface area contributed by atoms with Gasteiger partial charge in [-0.1, -0.05) is 35.5 Å². The van der Waals surface area contributed by atoms with Gasteiger partial charge < -0.3 is 4.52 Å². The molecule has 0 amide bonds. The molecule has 0 N–H and O–H groups in total. The van der Waals surface area contributed by atoms with Crippen LogP contribution in [0.15, 0.2) is 45.7 Å². The van der Waals surface area contributed by atoms with E-state index >= 15 is 0 Å². The Morgan fingerprint density at radius 2 is 1.93 bits per heavy atom. The van der Waals surface area contributed by atoms with Gasteiger partial charge in [-0.15, -0.1) is 0 Å². The van der Waals surface area contributed by atoms with Gasteiger partial charge in [-0.3, -0.25) is 9.47 Å². The number of aromatic nitrogens is 4. The summed E-state index contributed by atoms with van der Waals surface area (Å²) in [5, 5.41) is 8.67. The van der Waals surface area contributed by atoms with Gasteiger partial charge in [0.25, 0.3) is 0 Å². The van der Waals surface area contributed by atoms with Crippen LogP contribution in [-0.2, 0) is 20.1 Å². The van der Waals surface area contributed by atoms with Crippen LogP contribution in [0.5, 0.6) is 0 Å². The van der Waals surface area contributed by atoms with Crippen molar-refractivity contribution in [3.05, 3.63) is 58.5 Å². The predicted molar refractivity (Wildman–Crippen MR) is 102 cm³/mol. The van der Waals surface area contributed by atoms with Crippen molar-refractivity contribution >= 4 is 0 Å². The summed E-state index contributed by atoms with van der Waals surface area (Å²) in [6.07, 6.45) is 1.99. The molecule has 7 heteroatoms. The Balaban J connectivity index is 1.38. The molecule has 7 nitrogen and oxygen atoms in total. The molecule has 1 fully saturated rings. The summed E-state index contributed by atoms with van der Waals surface area (Å²) in [5.41, 5.74) is 1.92.